The summed E-state index contributed by atoms with van der Waals surface area (Å²) in [6.07, 6.45) is 0. The van der Waals surface area contributed by atoms with Gasteiger partial charge in [0.1, 0.15) is 22.3 Å². The SMILES string of the molecule is COc1ccc(Oc2nc(N)c(Cl)cc2Cl)cc1. The molecule has 1 aromatic carbocycles. The number of nitrogen functional groups attached to an aromatic ring is 1. The Labute approximate surface area is 114 Å². The number of hydrogen-bond acceptors (Lipinski definition) is 4. The van der Waals surface area contributed by atoms with Crippen LogP contribution in [0.1, 0.15) is 0 Å². The van der Waals surface area contributed by atoms with E-state index in [0.29, 0.717) is 15.8 Å². The van der Waals surface area contributed by atoms with E-state index in [9.17, 15) is 0 Å². The van der Waals surface area contributed by atoms with Crippen molar-refractivity contribution in [2.45, 2.75) is 0 Å². The van der Waals surface area contributed by atoms with Gasteiger partial charge in [-0.05, 0) is 30.3 Å². The number of nitrogens with zero attached hydrogens (tertiary/aromatic N) is 1. The van der Waals surface area contributed by atoms with Crippen LogP contribution in [0.3, 0.4) is 0 Å². The van der Waals surface area contributed by atoms with Crippen LogP contribution >= 0.6 is 23.2 Å². The molecule has 18 heavy (non-hydrogen) atoms. The van der Waals surface area contributed by atoms with Crippen LogP contribution in [-0.4, -0.2) is 12.1 Å². The molecule has 0 aliphatic carbocycles. The Hall–Kier alpha value is -1.65. The van der Waals surface area contributed by atoms with Crippen LogP contribution in [0.25, 0.3) is 0 Å². The quantitative estimate of drug-likeness (QED) is 0.932. The summed E-state index contributed by atoms with van der Waals surface area (Å²) in [5, 5.41) is 0.590. The van der Waals surface area contributed by atoms with Crippen molar-refractivity contribution in [3.63, 3.8) is 0 Å². The van der Waals surface area contributed by atoms with Crippen LogP contribution < -0.4 is 15.2 Å². The van der Waals surface area contributed by atoms with Crippen molar-refractivity contribution in [1.82, 2.24) is 4.98 Å². The van der Waals surface area contributed by atoms with E-state index in [1.165, 1.54) is 6.07 Å². The summed E-state index contributed by atoms with van der Waals surface area (Å²) in [7, 11) is 1.59. The fourth-order valence-electron chi connectivity index (χ4n) is 1.29. The van der Waals surface area contributed by atoms with Gasteiger partial charge in [0.15, 0.2) is 0 Å². The zero-order chi connectivity index (χ0) is 13.1. The van der Waals surface area contributed by atoms with E-state index in [4.69, 9.17) is 38.4 Å². The molecule has 1 aromatic heterocycles. The third-order valence-electron chi connectivity index (χ3n) is 2.20. The second kappa shape index (κ2) is 5.33. The topological polar surface area (TPSA) is 57.4 Å². The third kappa shape index (κ3) is 2.78. The maximum atomic E-state index is 5.96. The Morgan fingerprint density at radius 1 is 1.06 bits per heavy atom. The van der Waals surface area contributed by atoms with Crippen LogP contribution in [-0.2, 0) is 0 Å². The first kappa shape index (κ1) is 12.8. The monoisotopic (exact) mass is 284 g/mol. The highest BCUT2D eigenvalue weighted by molar-refractivity contribution is 6.36. The molecule has 94 valence electrons. The summed E-state index contributed by atoms with van der Waals surface area (Å²) >= 11 is 11.7. The van der Waals surface area contributed by atoms with Gasteiger partial charge in [-0.3, -0.25) is 0 Å². The summed E-state index contributed by atoms with van der Waals surface area (Å²) in [4.78, 5) is 3.97. The number of aromatic nitrogens is 1. The molecule has 0 fully saturated rings. The minimum atomic E-state index is 0.171. The van der Waals surface area contributed by atoms with Gasteiger partial charge in [-0.1, -0.05) is 23.2 Å². The highest BCUT2D eigenvalue weighted by Gasteiger charge is 2.09. The summed E-state index contributed by atoms with van der Waals surface area (Å²) in [5.74, 6) is 1.69. The summed E-state index contributed by atoms with van der Waals surface area (Å²) in [6.45, 7) is 0. The van der Waals surface area contributed by atoms with E-state index in [1.54, 1.807) is 31.4 Å². The standard InChI is InChI=1S/C12H10Cl2N2O2/c1-17-7-2-4-8(5-3-7)18-12-10(14)6-9(13)11(15)16-12/h2-6H,1H3,(H2,15,16). The number of methoxy groups -OCH3 is 1. The Morgan fingerprint density at radius 2 is 1.67 bits per heavy atom. The number of ether oxygens (including phenoxy) is 2. The normalized spacial score (nSPS) is 10.2. The molecule has 0 unspecified atom stereocenters. The van der Waals surface area contributed by atoms with Crippen LogP contribution in [0.4, 0.5) is 5.82 Å². The second-order valence-electron chi connectivity index (χ2n) is 3.42. The van der Waals surface area contributed by atoms with E-state index in [1.807, 2.05) is 0 Å². The molecule has 0 saturated heterocycles. The zero-order valence-electron chi connectivity index (χ0n) is 9.48. The van der Waals surface area contributed by atoms with E-state index in [0.717, 1.165) is 5.75 Å². The molecular formula is C12H10Cl2N2O2. The van der Waals surface area contributed by atoms with E-state index in [-0.39, 0.29) is 11.7 Å². The molecule has 0 aliphatic rings. The van der Waals surface area contributed by atoms with Gasteiger partial charge in [-0.25, -0.2) is 0 Å². The number of benzene rings is 1. The van der Waals surface area contributed by atoms with Crippen molar-refractivity contribution in [2.24, 2.45) is 0 Å². The molecule has 0 aliphatic heterocycles. The number of pyridine rings is 1. The lowest BCUT2D eigenvalue weighted by Gasteiger charge is -2.08. The Kier molecular flexibility index (Phi) is 3.79. The maximum absolute atomic E-state index is 5.96. The third-order valence-corrected chi connectivity index (χ3v) is 2.77. The highest BCUT2D eigenvalue weighted by atomic mass is 35.5. The minimum Gasteiger partial charge on any atom is -0.497 e. The van der Waals surface area contributed by atoms with Crippen molar-refractivity contribution in [3.8, 4) is 17.4 Å². The van der Waals surface area contributed by atoms with E-state index in [2.05, 4.69) is 4.98 Å². The average Bonchev–Trinajstić information content (AvgIpc) is 2.37. The largest absolute Gasteiger partial charge is 0.497 e. The predicted octanol–water partition coefficient (Wildman–Crippen LogP) is 3.77. The number of hydrogen-bond donors (Lipinski definition) is 1. The molecule has 0 amide bonds. The number of nitrogens with two attached hydrogens (primary N) is 1. The molecule has 2 N–H and O–H groups in total. The minimum absolute atomic E-state index is 0.171. The first-order chi connectivity index (χ1) is 8.60. The molecule has 1 heterocycles. The van der Waals surface area contributed by atoms with Gasteiger partial charge < -0.3 is 15.2 Å². The Bertz CT molecular complexity index is 559. The van der Waals surface area contributed by atoms with Gasteiger partial charge in [0.2, 0.25) is 5.88 Å². The zero-order valence-corrected chi connectivity index (χ0v) is 11.0. The van der Waals surface area contributed by atoms with Crippen LogP contribution in [0.15, 0.2) is 30.3 Å². The average molecular weight is 285 g/mol. The van der Waals surface area contributed by atoms with Gasteiger partial charge in [-0.15, -0.1) is 0 Å². The molecule has 2 rings (SSSR count). The summed E-state index contributed by atoms with van der Waals surface area (Å²) in [6, 6.07) is 8.50. The first-order valence-corrected chi connectivity index (χ1v) is 5.79. The maximum Gasteiger partial charge on any atom is 0.240 e. The Balaban J connectivity index is 2.25. The van der Waals surface area contributed by atoms with Crippen molar-refractivity contribution in [1.29, 1.82) is 0 Å². The molecule has 6 heteroatoms. The smallest absolute Gasteiger partial charge is 0.240 e. The van der Waals surface area contributed by atoms with E-state index >= 15 is 0 Å². The van der Waals surface area contributed by atoms with Gasteiger partial charge in [0.25, 0.3) is 0 Å². The highest BCUT2D eigenvalue weighted by Crippen LogP contribution is 2.32. The molecule has 4 nitrogen and oxygen atoms in total. The van der Waals surface area contributed by atoms with Crippen LogP contribution in [0.5, 0.6) is 17.4 Å². The summed E-state index contributed by atoms with van der Waals surface area (Å²) in [5.41, 5.74) is 5.59. The van der Waals surface area contributed by atoms with Gasteiger partial charge >= 0.3 is 0 Å². The van der Waals surface area contributed by atoms with Crippen molar-refractivity contribution in [2.75, 3.05) is 12.8 Å². The number of halogens is 2. The molecule has 0 spiro atoms. The second-order valence-corrected chi connectivity index (χ2v) is 4.23. The van der Waals surface area contributed by atoms with Gasteiger partial charge in [0.05, 0.1) is 12.1 Å². The molecule has 0 radical (unpaired) electrons. The fraction of sp³-hybridized carbons (Fsp3) is 0.0833. The van der Waals surface area contributed by atoms with Gasteiger partial charge in [0, 0.05) is 0 Å². The van der Waals surface area contributed by atoms with Crippen LogP contribution in [0.2, 0.25) is 10.0 Å². The Morgan fingerprint density at radius 3 is 2.28 bits per heavy atom. The number of rotatable bonds is 3. The van der Waals surface area contributed by atoms with Gasteiger partial charge in [-0.2, -0.15) is 4.98 Å². The molecule has 0 atom stereocenters. The molecular weight excluding hydrogens is 275 g/mol. The number of anilines is 1. The summed E-state index contributed by atoms with van der Waals surface area (Å²) < 4.78 is 10.6. The lowest BCUT2D eigenvalue weighted by Crippen LogP contribution is -1.95. The van der Waals surface area contributed by atoms with Crippen molar-refractivity contribution >= 4 is 29.0 Å². The molecule has 0 bridgehead atoms. The molecule has 0 saturated carbocycles. The first-order valence-electron chi connectivity index (χ1n) is 5.03. The lowest BCUT2D eigenvalue weighted by molar-refractivity contribution is 0.412. The fourth-order valence-corrected chi connectivity index (χ4v) is 1.69. The molecule has 2 aromatic rings. The van der Waals surface area contributed by atoms with Crippen molar-refractivity contribution in [3.05, 3.63) is 40.4 Å². The lowest BCUT2D eigenvalue weighted by atomic mass is 10.3. The van der Waals surface area contributed by atoms with E-state index < -0.39 is 0 Å². The van der Waals surface area contributed by atoms with Crippen LogP contribution in [0, 0.1) is 0 Å². The van der Waals surface area contributed by atoms with Crippen molar-refractivity contribution < 1.29 is 9.47 Å². The predicted molar refractivity (Wildman–Crippen MR) is 71.7 cm³/mol.